The van der Waals surface area contributed by atoms with E-state index in [1.165, 1.54) is 16.0 Å². The third kappa shape index (κ3) is 2.25. The lowest BCUT2D eigenvalue weighted by Gasteiger charge is -2.44. The molecule has 1 saturated carbocycles. The number of hydrogen-bond donors (Lipinski definition) is 2. The molecule has 112 valence electrons. The van der Waals surface area contributed by atoms with Gasteiger partial charge in [-0.15, -0.1) is 0 Å². The van der Waals surface area contributed by atoms with Crippen molar-refractivity contribution in [3.8, 4) is 0 Å². The van der Waals surface area contributed by atoms with Gasteiger partial charge in [0.25, 0.3) is 0 Å². The summed E-state index contributed by atoms with van der Waals surface area (Å²) < 4.78 is 26.9. The second-order valence-electron chi connectivity index (χ2n) is 5.38. The van der Waals surface area contributed by atoms with E-state index in [1.54, 1.807) is 7.05 Å². The Bertz CT molecular complexity index is 463. The predicted molar refractivity (Wildman–Crippen MR) is 71.3 cm³/mol. The summed E-state index contributed by atoms with van der Waals surface area (Å²) in [6, 6.07) is -1.04. The van der Waals surface area contributed by atoms with Gasteiger partial charge in [0.2, 0.25) is 11.8 Å². The minimum Gasteiger partial charge on any atom is -0.403 e. The number of carbonyl (C=O) groups excluding carboxylic acids is 1. The average Bonchev–Trinajstić information content (AvgIpc) is 2.74. The zero-order valence-electron chi connectivity index (χ0n) is 11.7. The number of carbonyl (C=O) groups is 1. The Morgan fingerprint density at radius 3 is 2.65 bits per heavy atom. The van der Waals surface area contributed by atoms with Crippen molar-refractivity contribution >= 4 is 11.7 Å². The Morgan fingerprint density at radius 1 is 1.55 bits per heavy atom. The van der Waals surface area contributed by atoms with Gasteiger partial charge < -0.3 is 15.5 Å². The van der Waals surface area contributed by atoms with Crippen LogP contribution >= 0.6 is 0 Å². The molecule has 0 radical (unpaired) electrons. The van der Waals surface area contributed by atoms with Crippen molar-refractivity contribution < 1.29 is 13.6 Å². The molecule has 0 bridgehead atoms. The van der Waals surface area contributed by atoms with Gasteiger partial charge in [0.1, 0.15) is 17.6 Å². The molecule has 0 spiro atoms. The predicted octanol–water partition coefficient (Wildman–Crippen LogP) is 1.50. The first-order valence-corrected chi connectivity index (χ1v) is 6.77. The van der Waals surface area contributed by atoms with Crippen LogP contribution in [0, 0.1) is 5.41 Å². The normalized spacial score (nSPS) is 32.3. The summed E-state index contributed by atoms with van der Waals surface area (Å²) in [5.74, 6) is -2.85. The van der Waals surface area contributed by atoms with E-state index in [4.69, 9.17) is 11.1 Å². The molecule has 1 aliphatic heterocycles. The number of halogens is 2. The Kier molecular flexibility index (Phi) is 3.71. The van der Waals surface area contributed by atoms with Crippen molar-refractivity contribution in [1.29, 1.82) is 5.41 Å². The van der Waals surface area contributed by atoms with E-state index in [-0.39, 0.29) is 30.3 Å². The topological polar surface area (TPSA) is 73.4 Å². The molecule has 20 heavy (non-hydrogen) atoms. The summed E-state index contributed by atoms with van der Waals surface area (Å²) in [5.41, 5.74) is 5.75. The van der Waals surface area contributed by atoms with Crippen molar-refractivity contribution in [1.82, 2.24) is 9.80 Å². The lowest BCUT2D eigenvalue weighted by Crippen LogP contribution is -2.60. The number of hydrogen-bond acceptors (Lipinski definition) is 3. The summed E-state index contributed by atoms with van der Waals surface area (Å²) >= 11 is 0. The van der Waals surface area contributed by atoms with Crippen LogP contribution in [0.25, 0.3) is 0 Å². The summed E-state index contributed by atoms with van der Waals surface area (Å²) in [6.07, 6.45) is 1.46. The van der Waals surface area contributed by atoms with Gasteiger partial charge in [-0.2, -0.15) is 0 Å². The third-order valence-corrected chi connectivity index (χ3v) is 4.13. The largest absolute Gasteiger partial charge is 0.403 e. The van der Waals surface area contributed by atoms with Crippen molar-refractivity contribution in [2.45, 2.75) is 50.6 Å². The molecule has 1 aliphatic carbocycles. The average molecular weight is 286 g/mol. The van der Waals surface area contributed by atoms with E-state index in [0.29, 0.717) is 12.8 Å². The van der Waals surface area contributed by atoms with E-state index in [1.807, 2.05) is 6.92 Å². The van der Waals surface area contributed by atoms with Crippen molar-refractivity contribution in [2.24, 2.45) is 5.73 Å². The van der Waals surface area contributed by atoms with Gasteiger partial charge in [0, 0.05) is 32.1 Å². The molecule has 2 rings (SSSR count). The van der Waals surface area contributed by atoms with Crippen LogP contribution < -0.4 is 5.73 Å². The molecule has 2 aliphatic rings. The highest BCUT2D eigenvalue weighted by molar-refractivity contribution is 6.05. The number of amides is 1. The van der Waals surface area contributed by atoms with E-state index in [9.17, 15) is 13.6 Å². The monoisotopic (exact) mass is 286 g/mol. The number of nitrogens with one attached hydrogen (secondary N) is 1. The standard InChI is InChI=1S/C13H20F2N4O/c1-3-9-12(20)18(2)10(7-16)11(17)19(9)8-4-5-13(14,15)6-8/h7-9,17H,3-6,16H2,1-2H3/b10-7+,17-11?/t8-,9-/m1/s1. The second kappa shape index (κ2) is 5.03. The molecule has 2 fully saturated rings. The Morgan fingerprint density at radius 2 is 2.20 bits per heavy atom. The van der Waals surface area contributed by atoms with Gasteiger partial charge in [-0.25, -0.2) is 8.78 Å². The van der Waals surface area contributed by atoms with E-state index < -0.39 is 18.0 Å². The SMILES string of the molecule is CC[C@@H]1C(=O)N(C)/C(=C/N)C(=N)N1[C@@H]1CCC(F)(F)C1. The first kappa shape index (κ1) is 14.7. The summed E-state index contributed by atoms with van der Waals surface area (Å²) in [6.45, 7) is 1.82. The molecule has 2 atom stereocenters. The summed E-state index contributed by atoms with van der Waals surface area (Å²) in [7, 11) is 1.55. The van der Waals surface area contributed by atoms with E-state index in [2.05, 4.69) is 0 Å². The van der Waals surface area contributed by atoms with Crippen LogP contribution in [0.4, 0.5) is 8.78 Å². The minimum atomic E-state index is -2.71. The lowest BCUT2D eigenvalue weighted by molar-refractivity contribution is -0.134. The fourth-order valence-corrected chi connectivity index (χ4v) is 3.07. The van der Waals surface area contributed by atoms with Gasteiger partial charge in [-0.05, 0) is 12.8 Å². The maximum atomic E-state index is 13.4. The second-order valence-corrected chi connectivity index (χ2v) is 5.38. The maximum absolute atomic E-state index is 13.4. The smallest absolute Gasteiger partial charge is 0.250 e. The molecule has 1 saturated heterocycles. The van der Waals surface area contributed by atoms with E-state index >= 15 is 0 Å². The van der Waals surface area contributed by atoms with Crippen LogP contribution in [0.15, 0.2) is 11.9 Å². The highest BCUT2D eigenvalue weighted by atomic mass is 19.3. The first-order chi connectivity index (χ1) is 9.32. The number of alkyl halides is 2. The molecule has 0 aromatic carbocycles. The number of likely N-dealkylation sites (N-methyl/N-ethyl adjacent to an activating group) is 1. The molecule has 0 unspecified atom stereocenters. The number of nitrogens with zero attached hydrogens (tertiary/aromatic N) is 2. The molecule has 1 heterocycles. The van der Waals surface area contributed by atoms with Gasteiger partial charge >= 0.3 is 0 Å². The highest BCUT2D eigenvalue weighted by Crippen LogP contribution is 2.40. The molecule has 0 aromatic rings. The summed E-state index contributed by atoms with van der Waals surface area (Å²) in [5, 5.41) is 8.19. The Labute approximate surface area is 116 Å². The van der Waals surface area contributed by atoms with Crippen molar-refractivity contribution in [3.63, 3.8) is 0 Å². The first-order valence-electron chi connectivity index (χ1n) is 6.77. The lowest BCUT2D eigenvalue weighted by atomic mass is 10.0. The maximum Gasteiger partial charge on any atom is 0.250 e. The summed E-state index contributed by atoms with van der Waals surface area (Å²) in [4.78, 5) is 15.2. The number of amidine groups is 1. The molecule has 7 heteroatoms. The Balaban J connectivity index is 2.33. The fourth-order valence-electron chi connectivity index (χ4n) is 3.07. The van der Waals surface area contributed by atoms with Crippen LogP contribution in [0.1, 0.15) is 32.6 Å². The zero-order valence-corrected chi connectivity index (χ0v) is 11.7. The fraction of sp³-hybridized carbons (Fsp3) is 0.692. The Hall–Kier alpha value is -1.66. The number of piperazine rings is 1. The van der Waals surface area contributed by atoms with E-state index in [0.717, 1.165) is 0 Å². The molecule has 1 amide bonds. The van der Waals surface area contributed by atoms with Crippen LogP contribution in [-0.4, -0.2) is 46.6 Å². The van der Waals surface area contributed by atoms with Crippen LogP contribution in [0.5, 0.6) is 0 Å². The molecular weight excluding hydrogens is 266 g/mol. The molecule has 0 aromatic heterocycles. The zero-order chi connectivity index (χ0) is 15.1. The molecule has 3 N–H and O–H groups in total. The van der Waals surface area contributed by atoms with Crippen LogP contribution in [0.2, 0.25) is 0 Å². The number of nitrogens with two attached hydrogens (primary N) is 1. The van der Waals surface area contributed by atoms with Gasteiger partial charge in [-0.3, -0.25) is 10.2 Å². The van der Waals surface area contributed by atoms with Crippen molar-refractivity contribution in [3.05, 3.63) is 11.9 Å². The number of rotatable bonds is 2. The quantitative estimate of drug-likeness (QED) is 0.808. The van der Waals surface area contributed by atoms with Gasteiger partial charge in [0.15, 0.2) is 0 Å². The molecular formula is C13H20F2N4O. The van der Waals surface area contributed by atoms with Crippen molar-refractivity contribution in [2.75, 3.05) is 7.05 Å². The molecule has 5 nitrogen and oxygen atoms in total. The van der Waals surface area contributed by atoms with Crippen LogP contribution in [-0.2, 0) is 4.79 Å². The van der Waals surface area contributed by atoms with Gasteiger partial charge in [-0.1, -0.05) is 6.92 Å². The minimum absolute atomic E-state index is 0.0594. The highest BCUT2D eigenvalue weighted by Gasteiger charge is 2.48. The third-order valence-electron chi connectivity index (χ3n) is 4.13. The van der Waals surface area contributed by atoms with Crippen LogP contribution in [0.3, 0.4) is 0 Å². The van der Waals surface area contributed by atoms with Gasteiger partial charge in [0.05, 0.1) is 0 Å².